The van der Waals surface area contributed by atoms with Gasteiger partial charge in [0.1, 0.15) is 4.88 Å². The van der Waals surface area contributed by atoms with Crippen LogP contribution < -0.4 is 5.32 Å². The number of thiophene rings is 1. The second-order valence-corrected chi connectivity index (χ2v) is 7.20. The highest BCUT2D eigenvalue weighted by molar-refractivity contribution is 7.18. The molecule has 12 heteroatoms. The van der Waals surface area contributed by atoms with Crippen molar-refractivity contribution in [1.29, 1.82) is 0 Å². The summed E-state index contributed by atoms with van der Waals surface area (Å²) >= 11 is 6.69. The third kappa shape index (κ3) is 4.25. The second-order valence-electron chi connectivity index (χ2n) is 5.74. The first-order valence-corrected chi connectivity index (χ1v) is 9.30. The van der Waals surface area contributed by atoms with Crippen LogP contribution in [-0.4, -0.2) is 20.6 Å². The molecule has 0 saturated heterocycles. The van der Waals surface area contributed by atoms with E-state index in [1.54, 1.807) is 31.2 Å². The standard InChI is InChI=1S/C17H12ClF3N4O3S/c1-2-24-11(8-14(23-24)17(19,20)21)15-12(25(27)28)7-13(29-15)16(26)22-10-6-4-3-5-9(10)18/h3-8H,2H2,1H3,(H,22,26). The number of hydrogen-bond donors (Lipinski definition) is 1. The van der Waals surface area contributed by atoms with Crippen molar-refractivity contribution < 1.29 is 22.9 Å². The zero-order valence-electron chi connectivity index (χ0n) is 14.7. The Morgan fingerprint density at radius 1 is 1.34 bits per heavy atom. The summed E-state index contributed by atoms with van der Waals surface area (Å²) in [6.45, 7) is 1.61. The molecule has 0 spiro atoms. The smallest absolute Gasteiger partial charge is 0.320 e. The Morgan fingerprint density at radius 2 is 2.03 bits per heavy atom. The minimum atomic E-state index is -4.70. The molecule has 0 aliphatic heterocycles. The number of nitrogens with one attached hydrogen (secondary N) is 1. The third-order valence-electron chi connectivity index (χ3n) is 3.86. The maximum atomic E-state index is 13.0. The highest BCUT2D eigenvalue weighted by Gasteiger charge is 2.36. The topological polar surface area (TPSA) is 90.1 Å². The van der Waals surface area contributed by atoms with Crippen molar-refractivity contribution in [1.82, 2.24) is 9.78 Å². The molecule has 0 aliphatic rings. The summed E-state index contributed by atoms with van der Waals surface area (Å²) in [5, 5.41) is 17.7. The molecule has 1 N–H and O–H groups in total. The summed E-state index contributed by atoms with van der Waals surface area (Å²) in [4.78, 5) is 23.1. The Bertz CT molecular complexity index is 1090. The van der Waals surface area contributed by atoms with E-state index in [0.29, 0.717) is 17.0 Å². The SMILES string of the molecule is CCn1nc(C(F)(F)F)cc1-c1sc(C(=O)Nc2ccccc2Cl)cc1[N+](=O)[O-]. The van der Waals surface area contributed by atoms with Gasteiger partial charge in [0.05, 0.1) is 26.2 Å². The zero-order chi connectivity index (χ0) is 21.3. The van der Waals surface area contributed by atoms with Gasteiger partial charge in [0.2, 0.25) is 0 Å². The molecule has 7 nitrogen and oxygen atoms in total. The normalized spacial score (nSPS) is 11.5. The van der Waals surface area contributed by atoms with Crippen LogP contribution in [0.25, 0.3) is 10.6 Å². The van der Waals surface area contributed by atoms with Crippen LogP contribution in [0.3, 0.4) is 0 Å². The van der Waals surface area contributed by atoms with Gasteiger partial charge in [0.15, 0.2) is 5.69 Å². The Labute approximate surface area is 170 Å². The van der Waals surface area contributed by atoms with Crippen LogP contribution >= 0.6 is 22.9 Å². The number of aryl methyl sites for hydroxylation is 1. The van der Waals surface area contributed by atoms with E-state index in [-0.39, 0.29) is 27.0 Å². The quantitative estimate of drug-likeness (QED) is 0.417. The van der Waals surface area contributed by atoms with E-state index in [0.717, 1.165) is 16.8 Å². The van der Waals surface area contributed by atoms with Crippen molar-refractivity contribution in [3.05, 3.63) is 62.1 Å². The van der Waals surface area contributed by atoms with Gasteiger partial charge < -0.3 is 5.32 Å². The fraction of sp³-hybridized carbons (Fsp3) is 0.176. The number of aromatic nitrogens is 2. The minimum Gasteiger partial charge on any atom is -0.320 e. The molecular formula is C17H12ClF3N4O3S. The van der Waals surface area contributed by atoms with E-state index in [1.807, 2.05) is 0 Å². The number of alkyl halides is 3. The Morgan fingerprint density at radius 3 is 2.62 bits per heavy atom. The lowest BCUT2D eigenvalue weighted by atomic mass is 10.2. The molecule has 0 unspecified atom stereocenters. The van der Waals surface area contributed by atoms with Gasteiger partial charge in [-0.15, -0.1) is 11.3 Å². The molecule has 0 radical (unpaired) electrons. The van der Waals surface area contributed by atoms with Crippen LogP contribution in [0.2, 0.25) is 5.02 Å². The van der Waals surface area contributed by atoms with Gasteiger partial charge in [-0.2, -0.15) is 18.3 Å². The molecule has 0 bridgehead atoms. The van der Waals surface area contributed by atoms with Gasteiger partial charge >= 0.3 is 6.18 Å². The number of halogens is 4. The number of carbonyl (C=O) groups is 1. The molecule has 152 valence electrons. The van der Waals surface area contributed by atoms with Crippen LogP contribution in [-0.2, 0) is 12.7 Å². The second kappa shape index (κ2) is 7.84. The van der Waals surface area contributed by atoms with Crippen LogP contribution in [0, 0.1) is 10.1 Å². The Hall–Kier alpha value is -2.92. The molecule has 0 saturated carbocycles. The van der Waals surface area contributed by atoms with E-state index >= 15 is 0 Å². The molecule has 29 heavy (non-hydrogen) atoms. The summed E-state index contributed by atoms with van der Waals surface area (Å²) in [6.07, 6.45) is -4.70. The highest BCUT2D eigenvalue weighted by atomic mass is 35.5. The number of para-hydroxylation sites is 1. The summed E-state index contributed by atoms with van der Waals surface area (Å²) in [5.41, 5.74) is -1.44. The first-order valence-electron chi connectivity index (χ1n) is 8.11. The predicted octanol–water partition coefficient (Wildman–Crippen LogP) is 5.46. The van der Waals surface area contributed by atoms with E-state index in [1.165, 1.54) is 0 Å². The predicted molar refractivity (Wildman–Crippen MR) is 102 cm³/mol. The number of anilines is 1. The van der Waals surface area contributed by atoms with Crippen molar-refractivity contribution in [2.75, 3.05) is 5.32 Å². The first kappa shape index (κ1) is 20.8. The third-order valence-corrected chi connectivity index (χ3v) is 5.33. The molecule has 0 aliphatic carbocycles. The van der Waals surface area contributed by atoms with Gasteiger partial charge in [0.25, 0.3) is 11.6 Å². The molecule has 2 heterocycles. The molecule has 1 amide bonds. The molecule has 0 atom stereocenters. The molecule has 3 aromatic rings. The molecular weight excluding hydrogens is 433 g/mol. The van der Waals surface area contributed by atoms with Gasteiger partial charge in [-0.1, -0.05) is 23.7 Å². The number of carbonyl (C=O) groups excluding carboxylic acids is 1. The monoisotopic (exact) mass is 444 g/mol. The van der Waals surface area contributed by atoms with Crippen LogP contribution in [0.4, 0.5) is 24.5 Å². The molecule has 0 fully saturated rings. The van der Waals surface area contributed by atoms with Gasteiger partial charge in [-0.05, 0) is 25.1 Å². The number of nitrogens with zero attached hydrogens (tertiary/aromatic N) is 3. The fourth-order valence-corrected chi connectivity index (χ4v) is 3.76. The van der Waals surface area contributed by atoms with E-state index in [9.17, 15) is 28.1 Å². The summed E-state index contributed by atoms with van der Waals surface area (Å²) < 4.78 is 40.1. The first-order chi connectivity index (χ1) is 13.6. The maximum absolute atomic E-state index is 13.0. The average Bonchev–Trinajstić information content (AvgIpc) is 3.27. The Balaban J connectivity index is 2.04. The minimum absolute atomic E-state index is 0.0518. The number of rotatable bonds is 5. The lowest BCUT2D eigenvalue weighted by Crippen LogP contribution is -2.10. The lowest BCUT2D eigenvalue weighted by Gasteiger charge is -2.05. The number of benzene rings is 1. The number of amides is 1. The molecule has 3 rings (SSSR count). The Kier molecular flexibility index (Phi) is 5.62. The maximum Gasteiger partial charge on any atom is 0.435 e. The number of hydrogen-bond acceptors (Lipinski definition) is 5. The van der Waals surface area contributed by atoms with E-state index in [2.05, 4.69) is 10.4 Å². The van der Waals surface area contributed by atoms with Crippen molar-refractivity contribution in [2.45, 2.75) is 19.6 Å². The van der Waals surface area contributed by atoms with Crippen LogP contribution in [0.1, 0.15) is 22.3 Å². The lowest BCUT2D eigenvalue weighted by molar-refractivity contribution is -0.383. The van der Waals surface area contributed by atoms with Crippen LogP contribution in [0.15, 0.2) is 36.4 Å². The summed E-state index contributed by atoms with van der Waals surface area (Å²) in [6, 6.07) is 8.16. The van der Waals surface area contributed by atoms with Crippen molar-refractivity contribution in [3.63, 3.8) is 0 Å². The summed E-state index contributed by atoms with van der Waals surface area (Å²) in [5.74, 6) is -0.670. The van der Waals surface area contributed by atoms with Crippen molar-refractivity contribution in [3.8, 4) is 10.6 Å². The fourth-order valence-electron chi connectivity index (χ4n) is 2.54. The number of nitro groups is 1. The average molecular weight is 445 g/mol. The molecule has 1 aromatic carbocycles. The van der Waals surface area contributed by atoms with E-state index < -0.39 is 28.4 Å². The van der Waals surface area contributed by atoms with Crippen molar-refractivity contribution in [2.24, 2.45) is 0 Å². The highest BCUT2D eigenvalue weighted by Crippen LogP contribution is 2.41. The van der Waals surface area contributed by atoms with Gasteiger partial charge in [0, 0.05) is 12.6 Å². The van der Waals surface area contributed by atoms with E-state index in [4.69, 9.17) is 11.6 Å². The summed E-state index contributed by atoms with van der Waals surface area (Å²) in [7, 11) is 0. The van der Waals surface area contributed by atoms with Crippen molar-refractivity contribution >= 4 is 40.2 Å². The van der Waals surface area contributed by atoms with Gasteiger partial charge in [-0.25, -0.2) is 0 Å². The van der Waals surface area contributed by atoms with Crippen LogP contribution in [0.5, 0.6) is 0 Å². The van der Waals surface area contributed by atoms with Gasteiger partial charge in [-0.3, -0.25) is 19.6 Å². The molecule has 2 aromatic heterocycles. The zero-order valence-corrected chi connectivity index (χ0v) is 16.2. The largest absolute Gasteiger partial charge is 0.435 e.